The summed E-state index contributed by atoms with van der Waals surface area (Å²) in [5.41, 5.74) is 4.79. The number of pyridine rings is 1. The molecular formula is C27H24BNO3. The molecule has 1 fully saturated rings. The van der Waals surface area contributed by atoms with E-state index in [1.807, 2.05) is 48.5 Å². The molecule has 0 N–H and O–H groups in total. The SMILES string of the molecule is CC1(C)OB(c2ccc3oc4c5ccccc5nc(-c5ccccc5)c4c3c2)OC1(C)C. The molecule has 1 saturated heterocycles. The highest BCUT2D eigenvalue weighted by Crippen LogP contribution is 2.40. The van der Waals surface area contributed by atoms with Gasteiger partial charge in [-0.15, -0.1) is 0 Å². The van der Waals surface area contributed by atoms with Gasteiger partial charge in [0.05, 0.1) is 27.8 Å². The Morgan fingerprint density at radius 3 is 2.19 bits per heavy atom. The van der Waals surface area contributed by atoms with Crippen LogP contribution in [0.5, 0.6) is 0 Å². The summed E-state index contributed by atoms with van der Waals surface area (Å²) in [5.74, 6) is 0. The summed E-state index contributed by atoms with van der Waals surface area (Å²) in [7, 11) is -0.428. The van der Waals surface area contributed by atoms with Crippen molar-refractivity contribution in [2.75, 3.05) is 0 Å². The van der Waals surface area contributed by atoms with Crippen molar-refractivity contribution in [1.29, 1.82) is 0 Å². The molecule has 158 valence electrons. The zero-order valence-corrected chi connectivity index (χ0v) is 18.7. The van der Waals surface area contributed by atoms with Crippen LogP contribution in [-0.2, 0) is 9.31 Å². The quantitative estimate of drug-likeness (QED) is 0.323. The van der Waals surface area contributed by atoms with Crippen LogP contribution in [0.15, 0.2) is 77.2 Å². The summed E-state index contributed by atoms with van der Waals surface area (Å²) >= 11 is 0. The topological polar surface area (TPSA) is 44.5 Å². The fraction of sp³-hybridized carbons (Fsp3) is 0.222. The van der Waals surface area contributed by atoms with E-state index in [0.29, 0.717) is 0 Å². The smallest absolute Gasteiger partial charge is 0.455 e. The summed E-state index contributed by atoms with van der Waals surface area (Å²) in [6, 6.07) is 24.6. The number of benzene rings is 3. The Kier molecular flexibility index (Phi) is 4.08. The van der Waals surface area contributed by atoms with Gasteiger partial charge in [0.1, 0.15) is 11.2 Å². The molecule has 0 unspecified atom stereocenters. The van der Waals surface area contributed by atoms with E-state index in [4.69, 9.17) is 18.7 Å². The van der Waals surface area contributed by atoms with Crippen LogP contribution in [0.2, 0.25) is 0 Å². The van der Waals surface area contributed by atoms with E-state index in [9.17, 15) is 0 Å². The molecule has 5 aromatic rings. The van der Waals surface area contributed by atoms with Crippen LogP contribution >= 0.6 is 0 Å². The minimum absolute atomic E-state index is 0.391. The largest absolute Gasteiger partial charge is 0.494 e. The van der Waals surface area contributed by atoms with Crippen molar-refractivity contribution in [2.45, 2.75) is 38.9 Å². The lowest BCUT2D eigenvalue weighted by Gasteiger charge is -2.32. The number of nitrogens with zero attached hydrogens (tertiary/aromatic N) is 1. The van der Waals surface area contributed by atoms with Crippen molar-refractivity contribution in [2.24, 2.45) is 0 Å². The van der Waals surface area contributed by atoms with Crippen LogP contribution in [0.4, 0.5) is 0 Å². The Hall–Kier alpha value is -3.15. The standard InChI is InChI=1S/C27H24BNO3/c1-26(2)27(3,4)32-28(31-26)18-14-15-22-20(16-18)23-24(17-10-6-5-7-11-17)29-21-13-9-8-12-19(21)25(23)30-22/h5-16H,1-4H3. The monoisotopic (exact) mass is 421 g/mol. The van der Waals surface area contributed by atoms with Crippen LogP contribution in [-0.4, -0.2) is 23.3 Å². The van der Waals surface area contributed by atoms with Gasteiger partial charge in [0.15, 0.2) is 0 Å². The Labute approximate surface area is 187 Å². The number of para-hydroxylation sites is 1. The molecule has 0 amide bonds. The van der Waals surface area contributed by atoms with Gasteiger partial charge >= 0.3 is 7.12 Å². The molecule has 0 radical (unpaired) electrons. The molecule has 1 aliphatic heterocycles. The van der Waals surface area contributed by atoms with Gasteiger partial charge in [-0.05, 0) is 51.4 Å². The highest BCUT2D eigenvalue weighted by atomic mass is 16.7. The summed E-state index contributed by atoms with van der Waals surface area (Å²) in [5, 5.41) is 3.04. The minimum atomic E-state index is -0.428. The number of furan rings is 1. The lowest BCUT2D eigenvalue weighted by atomic mass is 9.78. The first-order valence-electron chi connectivity index (χ1n) is 11.0. The van der Waals surface area contributed by atoms with E-state index in [-0.39, 0.29) is 0 Å². The molecule has 32 heavy (non-hydrogen) atoms. The van der Waals surface area contributed by atoms with E-state index in [1.54, 1.807) is 0 Å². The Balaban J connectivity index is 1.63. The lowest BCUT2D eigenvalue weighted by molar-refractivity contribution is 0.00578. The molecule has 5 heteroatoms. The lowest BCUT2D eigenvalue weighted by Crippen LogP contribution is -2.41. The van der Waals surface area contributed by atoms with Crippen molar-refractivity contribution in [3.8, 4) is 11.3 Å². The van der Waals surface area contributed by atoms with Gasteiger partial charge in [-0.25, -0.2) is 4.98 Å². The Bertz CT molecular complexity index is 1470. The number of hydrogen-bond acceptors (Lipinski definition) is 4. The second-order valence-corrected chi connectivity index (χ2v) is 9.49. The van der Waals surface area contributed by atoms with Crippen molar-refractivity contribution in [1.82, 2.24) is 4.98 Å². The Morgan fingerprint density at radius 1 is 0.750 bits per heavy atom. The fourth-order valence-corrected chi connectivity index (χ4v) is 4.41. The van der Waals surface area contributed by atoms with E-state index < -0.39 is 18.3 Å². The first-order valence-corrected chi connectivity index (χ1v) is 11.0. The van der Waals surface area contributed by atoms with Gasteiger partial charge in [0, 0.05) is 16.3 Å². The van der Waals surface area contributed by atoms with Crippen LogP contribution < -0.4 is 5.46 Å². The number of aromatic nitrogens is 1. The van der Waals surface area contributed by atoms with Gasteiger partial charge in [0.25, 0.3) is 0 Å². The van der Waals surface area contributed by atoms with Crippen molar-refractivity contribution in [3.63, 3.8) is 0 Å². The first kappa shape index (κ1) is 19.5. The van der Waals surface area contributed by atoms with Gasteiger partial charge in [0.2, 0.25) is 0 Å². The molecule has 3 heterocycles. The molecule has 0 spiro atoms. The molecule has 0 bridgehead atoms. The van der Waals surface area contributed by atoms with E-state index in [2.05, 4.69) is 52.0 Å². The number of hydrogen-bond donors (Lipinski definition) is 0. The summed E-state index contributed by atoms with van der Waals surface area (Å²) in [6.45, 7) is 8.29. The average molecular weight is 421 g/mol. The van der Waals surface area contributed by atoms with E-state index in [0.717, 1.165) is 49.6 Å². The normalized spacial score (nSPS) is 17.6. The fourth-order valence-electron chi connectivity index (χ4n) is 4.41. The molecule has 2 aromatic heterocycles. The highest BCUT2D eigenvalue weighted by Gasteiger charge is 2.51. The second-order valence-electron chi connectivity index (χ2n) is 9.49. The van der Waals surface area contributed by atoms with Gasteiger partial charge < -0.3 is 13.7 Å². The minimum Gasteiger partial charge on any atom is -0.455 e. The van der Waals surface area contributed by atoms with Crippen molar-refractivity contribution < 1.29 is 13.7 Å². The maximum atomic E-state index is 6.41. The Morgan fingerprint density at radius 2 is 1.44 bits per heavy atom. The predicted octanol–water partition coefficient (Wildman–Crippen LogP) is 6.10. The van der Waals surface area contributed by atoms with Gasteiger partial charge in [-0.2, -0.15) is 0 Å². The van der Waals surface area contributed by atoms with Crippen molar-refractivity contribution in [3.05, 3.63) is 72.8 Å². The van der Waals surface area contributed by atoms with Crippen LogP contribution in [0.3, 0.4) is 0 Å². The predicted molar refractivity (Wildman–Crippen MR) is 130 cm³/mol. The molecule has 0 atom stereocenters. The number of fused-ring (bicyclic) bond motifs is 5. The molecule has 3 aromatic carbocycles. The van der Waals surface area contributed by atoms with Gasteiger partial charge in [-0.3, -0.25) is 0 Å². The third kappa shape index (κ3) is 2.82. The maximum absolute atomic E-state index is 6.41. The molecule has 4 nitrogen and oxygen atoms in total. The molecule has 0 aliphatic carbocycles. The zero-order chi connectivity index (χ0) is 22.1. The molecule has 1 aliphatic rings. The van der Waals surface area contributed by atoms with Gasteiger partial charge in [-0.1, -0.05) is 54.6 Å². The maximum Gasteiger partial charge on any atom is 0.494 e. The van der Waals surface area contributed by atoms with Crippen LogP contribution in [0.1, 0.15) is 27.7 Å². The third-order valence-corrected chi connectivity index (χ3v) is 6.90. The number of rotatable bonds is 2. The average Bonchev–Trinajstić information content (AvgIpc) is 3.27. The summed E-state index contributed by atoms with van der Waals surface area (Å²) in [6.07, 6.45) is 0. The van der Waals surface area contributed by atoms with Crippen molar-refractivity contribution >= 4 is 45.4 Å². The molecule has 6 rings (SSSR count). The third-order valence-electron chi connectivity index (χ3n) is 6.90. The van der Waals surface area contributed by atoms with E-state index >= 15 is 0 Å². The van der Waals surface area contributed by atoms with E-state index in [1.165, 1.54) is 0 Å². The molecular weight excluding hydrogens is 397 g/mol. The first-order chi connectivity index (χ1) is 15.3. The summed E-state index contributed by atoms with van der Waals surface area (Å²) in [4.78, 5) is 5.05. The summed E-state index contributed by atoms with van der Waals surface area (Å²) < 4.78 is 19.0. The van der Waals surface area contributed by atoms with Crippen LogP contribution in [0, 0.1) is 0 Å². The zero-order valence-electron chi connectivity index (χ0n) is 18.7. The molecule has 0 saturated carbocycles. The highest BCUT2D eigenvalue weighted by molar-refractivity contribution is 6.62. The van der Waals surface area contributed by atoms with Crippen LogP contribution in [0.25, 0.3) is 44.1 Å². The second kappa shape index (κ2) is 6.68.